The van der Waals surface area contributed by atoms with Gasteiger partial charge in [-0.2, -0.15) is 0 Å². The van der Waals surface area contributed by atoms with E-state index < -0.39 is 0 Å². The Hall–Kier alpha value is -2.41. The van der Waals surface area contributed by atoms with E-state index in [2.05, 4.69) is 20.4 Å². The van der Waals surface area contributed by atoms with Crippen molar-refractivity contribution in [2.24, 2.45) is 0 Å². The minimum absolute atomic E-state index is 0.0225. The number of hydrogen-bond donors (Lipinski definition) is 1. The largest absolute Gasteiger partial charge is 0.360 e. The number of aromatic nitrogens is 2. The summed E-state index contributed by atoms with van der Waals surface area (Å²) in [6.07, 6.45) is 1.80. The highest BCUT2D eigenvalue weighted by Gasteiger charge is 2.21. The van der Waals surface area contributed by atoms with Crippen molar-refractivity contribution < 1.29 is 9.32 Å². The van der Waals surface area contributed by atoms with Gasteiger partial charge in [0.2, 0.25) is 0 Å². The first-order valence-electron chi connectivity index (χ1n) is 8.19. The van der Waals surface area contributed by atoms with Crippen LogP contribution < -0.4 is 5.32 Å². The molecule has 2 aromatic heterocycles. The molecule has 0 aliphatic carbocycles. The maximum atomic E-state index is 12.3. The lowest BCUT2D eigenvalue weighted by Gasteiger charge is -2.34. The fourth-order valence-electron chi connectivity index (χ4n) is 2.71. The summed E-state index contributed by atoms with van der Waals surface area (Å²) in [5.74, 6) is 0.872. The average molecular weight is 329 g/mol. The first-order chi connectivity index (χ1) is 11.6. The van der Waals surface area contributed by atoms with Crippen LogP contribution in [-0.4, -0.2) is 52.2 Å². The van der Waals surface area contributed by atoms with E-state index in [1.54, 1.807) is 6.20 Å². The van der Waals surface area contributed by atoms with Gasteiger partial charge >= 0.3 is 6.03 Å². The molecule has 0 atom stereocenters. The molecule has 1 aliphatic rings. The Morgan fingerprint density at radius 1 is 1.21 bits per heavy atom. The van der Waals surface area contributed by atoms with Crippen LogP contribution in [0.2, 0.25) is 0 Å². The van der Waals surface area contributed by atoms with Gasteiger partial charge < -0.3 is 14.7 Å². The molecule has 1 saturated heterocycles. The second kappa shape index (κ2) is 7.44. The van der Waals surface area contributed by atoms with Gasteiger partial charge in [-0.15, -0.1) is 0 Å². The van der Waals surface area contributed by atoms with Crippen LogP contribution in [0.5, 0.6) is 0 Å². The Labute approximate surface area is 141 Å². The normalized spacial score (nSPS) is 15.5. The highest BCUT2D eigenvalue weighted by atomic mass is 16.5. The van der Waals surface area contributed by atoms with Gasteiger partial charge in [0.05, 0.1) is 12.2 Å². The van der Waals surface area contributed by atoms with Gasteiger partial charge in [0.1, 0.15) is 0 Å². The topological polar surface area (TPSA) is 74.5 Å². The number of urea groups is 1. The van der Waals surface area contributed by atoms with E-state index in [1.807, 2.05) is 36.9 Å². The van der Waals surface area contributed by atoms with Crippen molar-refractivity contribution >= 4 is 6.03 Å². The number of carbonyl (C=O) groups excluding carboxylic acids is 1. The number of nitrogens with one attached hydrogen (secondary N) is 1. The van der Waals surface area contributed by atoms with E-state index in [4.69, 9.17) is 4.52 Å². The van der Waals surface area contributed by atoms with Crippen LogP contribution >= 0.6 is 0 Å². The third kappa shape index (κ3) is 4.32. The van der Waals surface area contributed by atoms with Gasteiger partial charge in [-0.3, -0.25) is 9.88 Å². The van der Waals surface area contributed by atoms with E-state index in [0.717, 1.165) is 42.3 Å². The Morgan fingerprint density at radius 3 is 2.62 bits per heavy atom. The van der Waals surface area contributed by atoms with Crippen molar-refractivity contribution in [2.75, 3.05) is 26.2 Å². The molecular weight excluding hydrogens is 306 g/mol. The lowest BCUT2D eigenvalue weighted by atomic mass is 10.2. The molecule has 3 heterocycles. The molecule has 24 heavy (non-hydrogen) atoms. The van der Waals surface area contributed by atoms with E-state index in [-0.39, 0.29) is 6.03 Å². The van der Waals surface area contributed by atoms with Crippen molar-refractivity contribution in [2.45, 2.75) is 26.9 Å². The summed E-state index contributed by atoms with van der Waals surface area (Å²) < 4.78 is 5.25. The fourth-order valence-corrected chi connectivity index (χ4v) is 2.71. The van der Waals surface area contributed by atoms with Crippen LogP contribution in [0.15, 0.2) is 28.9 Å². The zero-order chi connectivity index (χ0) is 16.9. The van der Waals surface area contributed by atoms with E-state index in [0.29, 0.717) is 19.6 Å². The van der Waals surface area contributed by atoms with Crippen LogP contribution in [0, 0.1) is 13.8 Å². The van der Waals surface area contributed by atoms with Gasteiger partial charge in [0.15, 0.2) is 5.76 Å². The highest BCUT2D eigenvalue weighted by Crippen LogP contribution is 2.10. The Bertz CT molecular complexity index is 675. The van der Waals surface area contributed by atoms with E-state index in [9.17, 15) is 4.79 Å². The fraction of sp³-hybridized carbons (Fsp3) is 0.471. The van der Waals surface area contributed by atoms with Gasteiger partial charge in [-0.05, 0) is 25.5 Å². The molecule has 0 unspecified atom stereocenters. The summed E-state index contributed by atoms with van der Waals surface area (Å²) in [4.78, 5) is 20.6. The molecule has 7 nitrogen and oxygen atoms in total. The predicted octanol–water partition coefficient (Wildman–Crippen LogP) is 1.71. The number of aryl methyl sites for hydroxylation is 2. The van der Waals surface area contributed by atoms with Crippen LogP contribution in [0.3, 0.4) is 0 Å². The van der Waals surface area contributed by atoms with Gasteiger partial charge in [0, 0.05) is 50.7 Å². The third-order valence-electron chi connectivity index (χ3n) is 4.13. The van der Waals surface area contributed by atoms with Gasteiger partial charge in [-0.25, -0.2) is 4.79 Å². The molecule has 128 valence electrons. The number of rotatable bonds is 4. The van der Waals surface area contributed by atoms with E-state index in [1.165, 1.54) is 0 Å². The summed E-state index contributed by atoms with van der Waals surface area (Å²) in [5, 5.41) is 6.86. The predicted molar refractivity (Wildman–Crippen MR) is 89.3 cm³/mol. The lowest BCUT2D eigenvalue weighted by Crippen LogP contribution is -2.51. The number of carbonyl (C=O) groups is 1. The SMILES string of the molecule is Cc1ccc(CNC(=O)N2CCN(Cc3cc(C)no3)CC2)cn1. The maximum Gasteiger partial charge on any atom is 0.317 e. The van der Waals surface area contributed by atoms with Crippen molar-refractivity contribution in [3.05, 3.63) is 47.1 Å². The molecule has 0 saturated carbocycles. The lowest BCUT2D eigenvalue weighted by molar-refractivity contribution is 0.128. The minimum Gasteiger partial charge on any atom is -0.360 e. The number of amides is 2. The zero-order valence-corrected chi connectivity index (χ0v) is 14.2. The maximum absolute atomic E-state index is 12.3. The van der Waals surface area contributed by atoms with Crippen molar-refractivity contribution in [3.63, 3.8) is 0 Å². The molecule has 1 N–H and O–H groups in total. The second-order valence-electron chi connectivity index (χ2n) is 6.16. The van der Waals surface area contributed by atoms with Gasteiger partial charge in [0.25, 0.3) is 0 Å². The molecule has 1 fully saturated rings. The summed E-state index contributed by atoms with van der Waals surface area (Å²) in [5.41, 5.74) is 2.88. The Morgan fingerprint density at radius 2 is 2.00 bits per heavy atom. The number of pyridine rings is 1. The van der Waals surface area contributed by atoms with Gasteiger partial charge in [-0.1, -0.05) is 11.2 Å². The molecule has 0 bridgehead atoms. The average Bonchev–Trinajstić information content (AvgIpc) is 2.99. The summed E-state index contributed by atoms with van der Waals surface area (Å²) in [6, 6.07) is 5.87. The molecule has 1 aliphatic heterocycles. The van der Waals surface area contributed by atoms with Crippen molar-refractivity contribution in [1.82, 2.24) is 25.3 Å². The molecule has 3 rings (SSSR count). The summed E-state index contributed by atoms with van der Waals surface area (Å²) in [6.45, 7) is 8.20. The van der Waals surface area contributed by atoms with E-state index >= 15 is 0 Å². The molecular formula is C17H23N5O2. The zero-order valence-electron chi connectivity index (χ0n) is 14.2. The first-order valence-corrected chi connectivity index (χ1v) is 8.19. The first kappa shape index (κ1) is 16.4. The summed E-state index contributed by atoms with van der Waals surface area (Å²) in [7, 11) is 0. The molecule has 2 amide bonds. The Balaban J connectivity index is 1.42. The molecule has 0 aromatic carbocycles. The van der Waals surface area contributed by atoms with Crippen molar-refractivity contribution in [1.29, 1.82) is 0 Å². The quantitative estimate of drug-likeness (QED) is 0.924. The minimum atomic E-state index is -0.0225. The number of piperazine rings is 1. The molecule has 0 radical (unpaired) electrons. The molecule has 7 heteroatoms. The monoisotopic (exact) mass is 329 g/mol. The van der Waals surface area contributed by atoms with Crippen LogP contribution in [0.25, 0.3) is 0 Å². The number of hydrogen-bond acceptors (Lipinski definition) is 5. The number of nitrogens with zero attached hydrogens (tertiary/aromatic N) is 4. The van der Waals surface area contributed by atoms with Crippen LogP contribution in [0.4, 0.5) is 4.79 Å². The van der Waals surface area contributed by atoms with Crippen LogP contribution in [-0.2, 0) is 13.1 Å². The Kier molecular flexibility index (Phi) is 5.10. The molecule has 0 spiro atoms. The second-order valence-corrected chi connectivity index (χ2v) is 6.16. The summed E-state index contributed by atoms with van der Waals surface area (Å²) >= 11 is 0. The molecule has 2 aromatic rings. The van der Waals surface area contributed by atoms with Crippen LogP contribution in [0.1, 0.15) is 22.7 Å². The van der Waals surface area contributed by atoms with Crippen molar-refractivity contribution in [3.8, 4) is 0 Å². The standard InChI is InChI=1S/C17H23N5O2/c1-13-3-4-15(10-18-13)11-19-17(23)22-7-5-21(6-8-22)12-16-9-14(2)20-24-16/h3-4,9-10H,5-8,11-12H2,1-2H3,(H,19,23). The third-order valence-corrected chi connectivity index (χ3v) is 4.13. The highest BCUT2D eigenvalue weighted by molar-refractivity contribution is 5.74. The smallest absolute Gasteiger partial charge is 0.317 e.